The van der Waals surface area contributed by atoms with Crippen LogP contribution in [0.3, 0.4) is 0 Å². The second kappa shape index (κ2) is 9.29. The van der Waals surface area contributed by atoms with Gasteiger partial charge < -0.3 is 10.6 Å². The molecule has 0 fully saturated rings. The molecule has 0 aliphatic heterocycles. The van der Waals surface area contributed by atoms with Gasteiger partial charge in [0, 0.05) is 23.5 Å². The molecular weight excluding hydrogens is 470 g/mol. The maximum atomic E-state index is 13.1. The third-order valence-corrected chi connectivity index (χ3v) is 7.09. The van der Waals surface area contributed by atoms with Gasteiger partial charge >= 0.3 is 0 Å². The van der Waals surface area contributed by atoms with Crippen molar-refractivity contribution in [3.05, 3.63) is 121 Å². The van der Waals surface area contributed by atoms with Crippen LogP contribution in [0.5, 0.6) is 0 Å². The molecule has 2 atom stereocenters. The lowest BCUT2D eigenvalue weighted by Crippen LogP contribution is -2.44. The molecule has 2 amide bonds. The molecule has 2 aromatic carbocycles. The van der Waals surface area contributed by atoms with Gasteiger partial charge in [-0.3, -0.25) is 19.0 Å². The van der Waals surface area contributed by atoms with E-state index in [1.807, 2.05) is 24.3 Å². The summed E-state index contributed by atoms with van der Waals surface area (Å²) in [6.45, 7) is 0. The smallest absolute Gasteiger partial charge is 0.261 e. The predicted molar refractivity (Wildman–Crippen MR) is 133 cm³/mol. The van der Waals surface area contributed by atoms with E-state index < -0.39 is 0 Å². The Bertz CT molecular complexity index is 1430. The van der Waals surface area contributed by atoms with Crippen molar-refractivity contribution in [1.82, 2.24) is 15.2 Å². The van der Waals surface area contributed by atoms with Gasteiger partial charge in [-0.2, -0.15) is 0 Å². The van der Waals surface area contributed by atoms with Gasteiger partial charge in [-0.25, -0.2) is 0 Å². The minimum atomic E-state index is -0.375. The largest absolute Gasteiger partial charge is 0.346 e. The van der Waals surface area contributed by atoms with Gasteiger partial charge in [0.25, 0.3) is 17.4 Å². The third-order valence-electron chi connectivity index (χ3n) is 5.86. The first-order valence-corrected chi connectivity index (χ1v) is 11.9. The number of amides is 2. The van der Waals surface area contributed by atoms with E-state index in [0.717, 1.165) is 11.1 Å². The number of halogens is 1. The van der Waals surface area contributed by atoms with Gasteiger partial charge in [0.2, 0.25) is 0 Å². The fourth-order valence-corrected chi connectivity index (χ4v) is 5.17. The highest BCUT2D eigenvalue weighted by Crippen LogP contribution is 2.32. The lowest BCUT2D eigenvalue weighted by molar-refractivity contribution is 0.0890. The second-order valence-electron chi connectivity index (χ2n) is 7.99. The Morgan fingerprint density at radius 2 is 1.65 bits per heavy atom. The first-order chi connectivity index (χ1) is 16.5. The Kier molecular flexibility index (Phi) is 6.04. The van der Waals surface area contributed by atoms with Crippen LogP contribution in [0.4, 0.5) is 0 Å². The van der Waals surface area contributed by atoms with E-state index in [1.54, 1.807) is 54.7 Å². The van der Waals surface area contributed by atoms with E-state index in [9.17, 15) is 14.4 Å². The van der Waals surface area contributed by atoms with Gasteiger partial charge in [-0.05, 0) is 60.0 Å². The highest BCUT2D eigenvalue weighted by molar-refractivity contribution is 7.18. The number of pyridine rings is 1. The normalized spacial score (nSPS) is 16.6. The number of hydrogen-bond acceptors (Lipinski definition) is 4. The molecule has 4 aromatic rings. The van der Waals surface area contributed by atoms with Crippen molar-refractivity contribution in [2.75, 3.05) is 0 Å². The lowest BCUT2D eigenvalue weighted by Gasteiger charge is -2.23. The van der Waals surface area contributed by atoms with Crippen LogP contribution in [0.25, 0.3) is 5.69 Å². The molecule has 0 unspecified atom stereocenters. The summed E-state index contributed by atoms with van der Waals surface area (Å²) in [4.78, 5) is 38.5. The Balaban J connectivity index is 1.36. The average molecular weight is 490 g/mol. The average Bonchev–Trinajstić information content (AvgIpc) is 3.43. The molecule has 0 spiro atoms. The molecule has 2 N–H and O–H groups in total. The molecule has 2 heterocycles. The monoisotopic (exact) mass is 489 g/mol. The molecule has 5 rings (SSSR count). The summed E-state index contributed by atoms with van der Waals surface area (Å²) < 4.78 is 2.06. The molecule has 0 bridgehead atoms. The van der Waals surface area contributed by atoms with Crippen LogP contribution < -0.4 is 16.2 Å². The Hall–Kier alpha value is -3.68. The van der Waals surface area contributed by atoms with Crippen molar-refractivity contribution < 1.29 is 9.59 Å². The Labute approximate surface area is 204 Å². The number of carbonyl (C=O) groups is 2. The number of carbonyl (C=O) groups excluding carboxylic acids is 2. The van der Waals surface area contributed by atoms with Crippen LogP contribution in [0, 0.1) is 0 Å². The predicted octanol–water partition coefficient (Wildman–Crippen LogP) is 4.38. The first-order valence-electron chi connectivity index (χ1n) is 10.7. The molecule has 170 valence electrons. The zero-order valence-corrected chi connectivity index (χ0v) is 19.5. The van der Waals surface area contributed by atoms with Gasteiger partial charge in [-0.1, -0.05) is 41.9 Å². The molecule has 1 aliphatic rings. The number of thiophene rings is 1. The van der Waals surface area contributed by atoms with E-state index in [-0.39, 0.29) is 29.5 Å². The SMILES string of the molecule is O=C(N[C@H]1c2ccccc2C[C@H]1NC(=O)c1ccc(Cl)s1)c1ccc(-n2ccccc2=O)cc1. The summed E-state index contributed by atoms with van der Waals surface area (Å²) in [5, 5.41) is 6.15. The third kappa shape index (κ3) is 4.40. The highest BCUT2D eigenvalue weighted by atomic mass is 35.5. The molecule has 2 aromatic heterocycles. The van der Waals surface area contributed by atoms with Crippen LogP contribution in [0.1, 0.15) is 37.2 Å². The van der Waals surface area contributed by atoms with Gasteiger partial charge in [-0.15, -0.1) is 11.3 Å². The minimum absolute atomic E-state index is 0.145. The number of fused-ring (bicyclic) bond motifs is 1. The van der Waals surface area contributed by atoms with E-state index in [1.165, 1.54) is 22.0 Å². The van der Waals surface area contributed by atoms with Crippen molar-refractivity contribution in [1.29, 1.82) is 0 Å². The zero-order valence-electron chi connectivity index (χ0n) is 17.9. The van der Waals surface area contributed by atoms with Gasteiger partial charge in [0.05, 0.1) is 21.3 Å². The fourth-order valence-electron chi connectivity index (χ4n) is 4.22. The van der Waals surface area contributed by atoms with Gasteiger partial charge in [0.1, 0.15) is 0 Å². The minimum Gasteiger partial charge on any atom is -0.346 e. The summed E-state index contributed by atoms with van der Waals surface area (Å²) >= 11 is 7.20. The van der Waals surface area contributed by atoms with Gasteiger partial charge in [0.15, 0.2) is 0 Å². The van der Waals surface area contributed by atoms with Crippen molar-refractivity contribution in [2.24, 2.45) is 0 Å². The highest BCUT2D eigenvalue weighted by Gasteiger charge is 2.35. The van der Waals surface area contributed by atoms with E-state index in [2.05, 4.69) is 10.6 Å². The van der Waals surface area contributed by atoms with Crippen molar-refractivity contribution in [3.63, 3.8) is 0 Å². The van der Waals surface area contributed by atoms with Crippen LogP contribution >= 0.6 is 22.9 Å². The summed E-state index contributed by atoms with van der Waals surface area (Å²) in [5.74, 6) is -0.473. The lowest BCUT2D eigenvalue weighted by atomic mass is 10.1. The number of benzene rings is 2. The van der Waals surface area contributed by atoms with Crippen LogP contribution in [-0.4, -0.2) is 22.4 Å². The molecule has 34 heavy (non-hydrogen) atoms. The van der Waals surface area contributed by atoms with Crippen LogP contribution in [0.2, 0.25) is 4.34 Å². The topological polar surface area (TPSA) is 80.2 Å². The summed E-state index contributed by atoms with van der Waals surface area (Å²) in [6, 6.07) is 22.4. The van der Waals surface area contributed by atoms with E-state index in [4.69, 9.17) is 11.6 Å². The standard InChI is InChI=1S/C26H20ClN3O3S/c27-22-13-12-21(34-22)26(33)28-20-15-17-5-1-2-6-19(17)24(20)29-25(32)16-8-10-18(11-9-16)30-14-4-3-7-23(30)31/h1-14,20,24H,15H2,(H,28,33)(H,29,32)/t20-,24+/m1/s1. The number of rotatable bonds is 5. The second-order valence-corrected chi connectivity index (χ2v) is 9.71. The van der Waals surface area contributed by atoms with Crippen molar-refractivity contribution in [2.45, 2.75) is 18.5 Å². The number of nitrogens with zero attached hydrogens (tertiary/aromatic N) is 1. The van der Waals surface area contributed by atoms with Crippen LogP contribution in [0.15, 0.2) is 89.9 Å². The molecule has 0 radical (unpaired) electrons. The number of hydrogen-bond donors (Lipinski definition) is 2. The zero-order chi connectivity index (χ0) is 23.7. The Morgan fingerprint density at radius 1 is 0.882 bits per heavy atom. The van der Waals surface area contributed by atoms with Crippen molar-refractivity contribution >= 4 is 34.8 Å². The summed E-state index contributed by atoms with van der Waals surface area (Å²) in [5.41, 5.74) is 3.06. The Morgan fingerprint density at radius 3 is 2.38 bits per heavy atom. The molecule has 8 heteroatoms. The van der Waals surface area contributed by atoms with E-state index in [0.29, 0.717) is 26.9 Å². The molecule has 1 aliphatic carbocycles. The number of nitrogens with one attached hydrogen (secondary N) is 2. The molecule has 6 nitrogen and oxygen atoms in total. The fraction of sp³-hybridized carbons (Fsp3) is 0.115. The van der Waals surface area contributed by atoms with Crippen molar-refractivity contribution in [3.8, 4) is 5.69 Å². The summed E-state index contributed by atoms with van der Waals surface area (Å²) in [7, 11) is 0. The molecule has 0 saturated carbocycles. The maximum Gasteiger partial charge on any atom is 0.261 e. The number of aromatic nitrogens is 1. The summed E-state index contributed by atoms with van der Waals surface area (Å²) in [6.07, 6.45) is 2.29. The first kappa shape index (κ1) is 22.1. The van der Waals surface area contributed by atoms with Crippen LogP contribution in [-0.2, 0) is 6.42 Å². The quantitative estimate of drug-likeness (QED) is 0.436. The van der Waals surface area contributed by atoms with E-state index >= 15 is 0 Å². The maximum absolute atomic E-state index is 13.1. The molecular formula is C26H20ClN3O3S. The molecule has 0 saturated heterocycles.